The van der Waals surface area contributed by atoms with E-state index in [1.165, 1.54) is 6.20 Å². The van der Waals surface area contributed by atoms with E-state index in [2.05, 4.69) is 14.9 Å². The highest BCUT2D eigenvalue weighted by Gasteiger charge is 2.51. The lowest BCUT2D eigenvalue weighted by Crippen LogP contribution is -2.43. The fourth-order valence-electron chi connectivity index (χ4n) is 4.29. The Labute approximate surface area is 153 Å². The van der Waals surface area contributed by atoms with Crippen LogP contribution in [0.15, 0.2) is 6.20 Å². The van der Waals surface area contributed by atoms with E-state index in [0.29, 0.717) is 24.7 Å². The number of rotatable bonds is 4. The van der Waals surface area contributed by atoms with E-state index in [1.807, 2.05) is 9.80 Å². The van der Waals surface area contributed by atoms with Crippen LogP contribution in [0.1, 0.15) is 18.7 Å². The predicted molar refractivity (Wildman–Crippen MR) is 94.4 cm³/mol. The van der Waals surface area contributed by atoms with Gasteiger partial charge in [-0.15, -0.1) is 0 Å². The highest BCUT2D eigenvalue weighted by atomic mass is 19.1. The highest BCUT2D eigenvalue weighted by Crippen LogP contribution is 2.42. The van der Waals surface area contributed by atoms with E-state index in [0.717, 1.165) is 58.8 Å². The predicted octanol–water partition coefficient (Wildman–Crippen LogP) is 0.685. The zero-order chi connectivity index (χ0) is 18.1. The Morgan fingerprint density at radius 1 is 1.19 bits per heavy atom. The number of aryl methyl sites for hydroxylation is 1. The van der Waals surface area contributed by atoms with Gasteiger partial charge in [0.15, 0.2) is 11.6 Å². The maximum Gasteiger partial charge on any atom is 0.230 e. The molecule has 1 amide bonds. The summed E-state index contributed by atoms with van der Waals surface area (Å²) in [7, 11) is 0. The number of hydrogen-bond donors (Lipinski definition) is 0. The number of carbonyl (C=O) groups excluding carboxylic acids is 1. The maximum atomic E-state index is 14.1. The van der Waals surface area contributed by atoms with Gasteiger partial charge >= 0.3 is 0 Å². The van der Waals surface area contributed by atoms with Gasteiger partial charge in [-0.1, -0.05) is 0 Å². The van der Waals surface area contributed by atoms with Crippen LogP contribution in [0.4, 0.5) is 10.2 Å². The van der Waals surface area contributed by atoms with Crippen molar-refractivity contribution in [1.82, 2.24) is 19.8 Å². The first-order valence-corrected chi connectivity index (χ1v) is 9.41. The average Bonchev–Trinajstić information content (AvgIpc) is 3.22. The Morgan fingerprint density at radius 2 is 1.96 bits per heavy atom. The van der Waals surface area contributed by atoms with E-state index < -0.39 is 5.82 Å². The molecule has 0 bridgehead atoms. The zero-order valence-corrected chi connectivity index (χ0v) is 15.3. The van der Waals surface area contributed by atoms with Crippen molar-refractivity contribution in [2.45, 2.75) is 19.8 Å². The first kappa shape index (κ1) is 17.6. The third kappa shape index (κ3) is 3.27. The third-order valence-electron chi connectivity index (χ3n) is 5.89. The lowest BCUT2D eigenvalue weighted by molar-refractivity contribution is -0.135. The molecule has 0 N–H and O–H groups in total. The normalized spacial score (nSPS) is 27.1. The van der Waals surface area contributed by atoms with Crippen LogP contribution in [0.5, 0.6) is 0 Å². The lowest BCUT2D eigenvalue weighted by atomic mass is 9.85. The minimum absolute atomic E-state index is 0.222. The first-order chi connectivity index (χ1) is 12.6. The number of anilines is 1. The molecule has 0 radical (unpaired) electrons. The monoisotopic (exact) mass is 363 g/mol. The first-order valence-electron chi connectivity index (χ1n) is 9.41. The van der Waals surface area contributed by atoms with E-state index in [1.54, 1.807) is 6.92 Å². The molecular weight excluding hydrogens is 337 g/mol. The number of halogens is 1. The van der Waals surface area contributed by atoms with Crippen molar-refractivity contribution >= 4 is 11.7 Å². The molecule has 1 atom stereocenters. The number of aromatic nitrogens is 2. The molecule has 0 saturated carbocycles. The fourth-order valence-corrected chi connectivity index (χ4v) is 4.29. The summed E-state index contributed by atoms with van der Waals surface area (Å²) >= 11 is 0. The summed E-state index contributed by atoms with van der Waals surface area (Å²) in [6.45, 7) is 8.85. The second-order valence-electron chi connectivity index (χ2n) is 7.54. The van der Waals surface area contributed by atoms with E-state index >= 15 is 0 Å². The third-order valence-corrected chi connectivity index (χ3v) is 5.89. The molecule has 8 heteroatoms. The number of amides is 1. The summed E-state index contributed by atoms with van der Waals surface area (Å²) in [5.41, 5.74) is -0.379. The Balaban J connectivity index is 1.39. The Kier molecular flexibility index (Phi) is 4.79. The number of likely N-dealkylation sites (tertiary alicyclic amines) is 1. The molecule has 3 saturated heterocycles. The van der Waals surface area contributed by atoms with Crippen molar-refractivity contribution in [2.75, 3.05) is 63.9 Å². The largest absolute Gasteiger partial charge is 0.379 e. The minimum atomic E-state index is -0.415. The average molecular weight is 363 g/mol. The maximum absolute atomic E-state index is 14.1. The molecule has 4 rings (SSSR count). The van der Waals surface area contributed by atoms with Crippen molar-refractivity contribution in [1.29, 1.82) is 0 Å². The van der Waals surface area contributed by atoms with Gasteiger partial charge in [-0.25, -0.2) is 14.4 Å². The summed E-state index contributed by atoms with van der Waals surface area (Å²) < 4.78 is 19.5. The molecule has 142 valence electrons. The van der Waals surface area contributed by atoms with Crippen LogP contribution >= 0.6 is 0 Å². The Bertz CT molecular complexity index is 682. The van der Waals surface area contributed by atoms with E-state index in [4.69, 9.17) is 4.74 Å². The molecule has 1 aromatic rings. The van der Waals surface area contributed by atoms with E-state index in [9.17, 15) is 9.18 Å². The van der Waals surface area contributed by atoms with Gasteiger partial charge in [0.1, 0.15) is 5.82 Å². The van der Waals surface area contributed by atoms with Crippen LogP contribution < -0.4 is 4.90 Å². The Morgan fingerprint density at radius 3 is 2.77 bits per heavy atom. The molecule has 1 unspecified atom stereocenters. The molecule has 0 aromatic carbocycles. The van der Waals surface area contributed by atoms with Gasteiger partial charge in [0, 0.05) is 45.8 Å². The van der Waals surface area contributed by atoms with Gasteiger partial charge < -0.3 is 14.5 Å². The summed E-state index contributed by atoms with van der Waals surface area (Å²) in [6, 6.07) is 0. The number of ether oxygens (including phenoxy) is 1. The fraction of sp³-hybridized carbons (Fsp3) is 0.722. The summed E-state index contributed by atoms with van der Waals surface area (Å²) in [6.07, 6.45) is 2.83. The molecule has 3 aliphatic rings. The SMILES string of the molecule is Cc1ncc(F)c(N2CCC3(CCN(CCN4CCOCC4)C3=O)C2)n1. The van der Waals surface area contributed by atoms with Crippen molar-refractivity contribution in [3.8, 4) is 0 Å². The topological polar surface area (TPSA) is 61.8 Å². The van der Waals surface area contributed by atoms with E-state index in [-0.39, 0.29) is 11.3 Å². The summed E-state index contributed by atoms with van der Waals surface area (Å²) in [5, 5.41) is 0. The molecule has 0 aliphatic carbocycles. The van der Waals surface area contributed by atoms with Crippen LogP contribution in [-0.2, 0) is 9.53 Å². The quantitative estimate of drug-likeness (QED) is 0.784. The standard InChI is InChI=1S/C18H26FN5O2/c1-14-20-12-15(19)16(21-14)24-5-3-18(13-24)2-4-23(17(18)25)7-6-22-8-10-26-11-9-22/h12H,2-11,13H2,1H3. The smallest absolute Gasteiger partial charge is 0.230 e. The number of nitrogens with zero attached hydrogens (tertiary/aromatic N) is 5. The van der Waals surface area contributed by atoms with Crippen LogP contribution in [0, 0.1) is 18.2 Å². The summed E-state index contributed by atoms with van der Waals surface area (Å²) in [5.74, 6) is 0.683. The Hall–Kier alpha value is -1.80. The van der Waals surface area contributed by atoms with Crippen LogP contribution in [-0.4, -0.2) is 84.7 Å². The van der Waals surface area contributed by atoms with Crippen LogP contribution in [0.3, 0.4) is 0 Å². The molecule has 1 aromatic heterocycles. The van der Waals surface area contributed by atoms with Gasteiger partial charge in [-0.3, -0.25) is 9.69 Å². The van der Waals surface area contributed by atoms with Crippen LogP contribution in [0.2, 0.25) is 0 Å². The van der Waals surface area contributed by atoms with Crippen molar-refractivity contribution in [2.24, 2.45) is 5.41 Å². The van der Waals surface area contributed by atoms with Gasteiger partial charge in [-0.2, -0.15) is 0 Å². The molecule has 3 aliphatic heterocycles. The van der Waals surface area contributed by atoms with Gasteiger partial charge in [-0.05, 0) is 19.8 Å². The van der Waals surface area contributed by atoms with Crippen molar-refractivity contribution < 1.29 is 13.9 Å². The zero-order valence-electron chi connectivity index (χ0n) is 15.3. The van der Waals surface area contributed by atoms with Crippen molar-refractivity contribution in [3.05, 3.63) is 17.8 Å². The highest BCUT2D eigenvalue weighted by molar-refractivity contribution is 5.86. The summed E-state index contributed by atoms with van der Waals surface area (Å²) in [4.78, 5) is 27.4. The number of carbonyl (C=O) groups is 1. The second-order valence-corrected chi connectivity index (χ2v) is 7.54. The van der Waals surface area contributed by atoms with Gasteiger partial charge in [0.25, 0.3) is 0 Å². The van der Waals surface area contributed by atoms with Gasteiger partial charge in [0.2, 0.25) is 5.91 Å². The molecule has 3 fully saturated rings. The van der Waals surface area contributed by atoms with Gasteiger partial charge in [0.05, 0.1) is 24.8 Å². The molecular formula is C18H26FN5O2. The molecule has 26 heavy (non-hydrogen) atoms. The minimum Gasteiger partial charge on any atom is -0.379 e. The molecule has 4 heterocycles. The number of hydrogen-bond acceptors (Lipinski definition) is 6. The lowest BCUT2D eigenvalue weighted by Gasteiger charge is -2.29. The second kappa shape index (κ2) is 7.08. The number of morpholine rings is 1. The molecule has 1 spiro atoms. The van der Waals surface area contributed by atoms with Crippen molar-refractivity contribution in [3.63, 3.8) is 0 Å². The molecule has 7 nitrogen and oxygen atoms in total. The van der Waals surface area contributed by atoms with Crippen LogP contribution in [0.25, 0.3) is 0 Å².